The maximum Gasteiger partial charge on any atom is 0.407 e. The number of rotatable bonds is 4. The van der Waals surface area contributed by atoms with E-state index in [4.69, 9.17) is 15.2 Å². The maximum absolute atomic E-state index is 12.1. The highest BCUT2D eigenvalue weighted by atomic mass is 16.6. The third-order valence-electron chi connectivity index (χ3n) is 4.37. The number of carbonyl (C=O) groups is 2. The molecular weight excluding hydrogens is 284 g/mol. The summed E-state index contributed by atoms with van der Waals surface area (Å²) in [6.07, 6.45) is 7.05. The molecule has 6 nitrogen and oxygen atoms in total. The number of nitrogens with one attached hydrogen (secondary N) is 1. The molecule has 2 saturated carbocycles. The fraction of sp³-hybridized carbons (Fsp3) is 0.750. The quantitative estimate of drug-likeness (QED) is 0.612. The largest absolute Gasteiger partial charge is 0.455 e. The summed E-state index contributed by atoms with van der Waals surface area (Å²) in [5, 5.41) is 2.88. The zero-order valence-corrected chi connectivity index (χ0v) is 13.0. The van der Waals surface area contributed by atoms with Crippen molar-refractivity contribution in [3.63, 3.8) is 0 Å². The van der Waals surface area contributed by atoms with Crippen molar-refractivity contribution in [1.29, 1.82) is 0 Å². The van der Waals surface area contributed by atoms with E-state index < -0.39 is 12.1 Å². The number of nitrogens with two attached hydrogens (primary N) is 1. The molecule has 0 saturated heterocycles. The third-order valence-corrected chi connectivity index (χ3v) is 4.37. The Balaban J connectivity index is 1.82. The minimum absolute atomic E-state index is 0.0778. The minimum atomic E-state index is -0.473. The molecular formula is C16H26N2O4. The summed E-state index contributed by atoms with van der Waals surface area (Å²) >= 11 is 0. The molecule has 0 bridgehead atoms. The van der Waals surface area contributed by atoms with Gasteiger partial charge in [-0.1, -0.05) is 6.58 Å². The van der Waals surface area contributed by atoms with E-state index in [9.17, 15) is 9.59 Å². The van der Waals surface area contributed by atoms with E-state index in [1.54, 1.807) is 0 Å². The number of alkyl carbamates (subject to hydrolysis) is 1. The summed E-state index contributed by atoms with van der Waals surface area (Å²) in [6.45, 7) is 3.39. The van der Waals surface area contributed by atoms with Gasteiger partial charge >= 0.3 is 12.1 Å². The molecule has 1 amide bonds. The lowest BCUT2D eigenvalue weighted by Gasteiger charge is -2.32. The van der Waals surface area contributed by atoms with Gasteiger partial charge in [0.05, 0.1) is 0 Å². The van der Waals surface area contributed by atoms with Gasteiger partial charge in [-0.05, 0) is 51.4 Å². The average Bonchev–Trinajstić information content (AvgIpc) is 2.49. The van der Waals surface area contributed by atoms with Gasteiger partial charge in [0.1, 0.15) is 12.2 Å². The molecule has 4 atom stereocenters. The van der Waals surface area contributed by atoms with Gasteiger partial charge < -0.3 is 20.5 Å². The summed E-state index contributed by atoms with van der Waals surface area (Å²) in [7, 11) is 0. The van der Waals surface area contributed by atoms with E-state index in [0.29, 0.717) is 12.8 Å². The van der Waals surface area contributed by atoms with Crippen LogP contribution in [-0.4, -0.2) is 36.4 Å². The molecule has 0 aliphatic heterocycles. The first kappa shape index (κ1) is 16.8. The SMILES string of the molecule is C=CC(=O)OC1CCCCC1OC(=O)NC1CCCC(N)C1. The molecule has 124 valence electrons. The zero-order valence-electron chi connectivity index (χ0n) is 13.0. The number of carbonyl (C=O) groups excluding carboxylic acids is 2. The van der Waals surface area contributed by atoms with Crippen LogP contribution >= 0.6 is 0 Å². The summed E-state index contributed by atoms with van der Waals surface area (Å²) in [4.78, 5) is 23.4. The molecule has 0 aromatic carbocycles. The monoisotopic (exact) mass is 310 g/mol. The van der Waals surface area contributed by atoms with Crippen LogP contribution in [0.15, 0.2) is 12.7 Å². The van der Waals surface area contributed by atoms with Crippen molar-refractivity contribution in [2.45, 2.75) is 75.7 Å². The Kier molecular flexibility index (Phi) is 6.24. The highest BCUT2D eigenvalue weighted by Crippen LogP contribution is 2.24. The topological polar surface area (TPSA) is 90.6 Å². The molecule has 3 N–H and O–H groups in total. The van der Waals surface area contributed by atoms with E-state index in [-0.39, 0.29) is 24.3 Å². The molecule has 4 unspecified atom stereocenters. The summed E-state index contributed by atoms with van der Waals surface area (Å²) in [6, 6.07) is 0.226. The van der Waals surface area contributed by atoms with Gasteiger partial charge in [0.15, 0.2) is 0 Å². The fourth-order valence-electron chi connectivity index (χ4n) is 3.23. The molecule has 0 heterocycles. The van der Waals surface area contributed by atoms with E-state index >= 15 is 0 Å². The predicted octanol–water partition coefficient (Wildman–Crippen LogP) is 2.02. The van der Waals surface area contributed by atoms with Gasteiger partial charge in [0.25, 0.3) is 0 Å². The highest BCUT2D eigenvalue weighted by Gasteiger charge is 2.32. The van der Waals surface area contributed by atoms with Crippen molar-refractivity contribution in [1.82, 2.24) is 5.32 Å². The fourth-order valence-corrected chi connectivity index (χ4v) is 3.23. The summed E-state index contributed by atoms with van der Waals surface area (Å²) in [5.74, 6) is -0.473. The van der Waals surface area contributed by atoms with Gasteiger partial charge in [0.2, 0.25) is 0 Å². The molecule has 22 heavy (non-hydrogen) atoms. The molecule has 0 radical (unpaired) electrons. The van der Waals surface area contributed by atoms with E-state index in [2.05, 4.69) is 11.9 Å². The van der Waals surface area contributed by atoms with Crippen molar-refractivity contribution in [2.75, 3.05) is 0 Å². The lowest BCUT2D eigenvalue weighted by atomic mass is 9.92. The second-order valence-electron chi connectivity index (χ2n) is 6.18. The van der Waals surface area contributed by atoms with E-state index in [1.165, 1.54) is 0 Å². The molecule has 0 aromatic heterocycles. The minimum Gasteiger partial charge on any atom is -0.455 e. The molecule has 2 rings (SSSR count). The van der Waals surface area contributed by atoms with E-state index in [1.807, 2.05) is 0 Å². The molecule has 6 heteroatoms. The van der Waals surface area contributed by atoms with Crippen LogP contribution in [0.2, 0.25) is 0 Å². The lowest BCUT2D eigenvalue weighted by molar-refractivity contribution is -0.151. The van der Waals surface area contributed by atoms with Crippen LogP contribution in [0.4, 0.5) is 4.79 Å². The van der Waals surface area contributed by atoms with Gasteiger partial charge in [-0.15, -0.1) is 0 Å². The van der Waals surface area contributed by atoms with Crippen LogP contribution in [0.25, 0.3) is 0 Å². The number of hydrogen-bond donors (Lipinski definition) is 2. The second kappa shape index (κ2) is 8.17. The van der Waals surface area contributed by atoms with Crippen molar-refractivity contribution in [3.05, 3.63) is 12.7 Å². The Hall–Kier alpha value is -1.56. The second-order valence-corrected chi connectivity index (χ2v) is 6.18. The van der Waals surface area contributed by atoms with E-state index in [0.717, 1.165) is 44.6 Å². The normalized spacial score (nSPS) is 31.9. The smallest absolute Gasteiger partial charge is 0.407 e. The Bertz CT molecular complexity index is 413. The van der Waals surface area contributed by atoms with Crippen molar-refractivity contribution >= 4 is 12.1 Å². The van der Waals surface area contributed by atoms with Crippen molar-refractivity contribution < 1.29 is 19.1 Å². The van der Waals surface area contributed by atoms with Gasteiger partial charge in [0, 0.05) is 18.2 Å². The molecule has 2 aliphatic carbocycles. The van der Waals surface area contributed by atoms with Gasteiger partial charge in [-0.3, -0.25) is 0 Å². The van der Waals surface area contributed by atoms with Gasteiger partial charge in [-0.25, -0.2) is 9.59 Å². The first-order chi connectivity index (χ1) is 10.6. The maximum atomic E-state index is 12.1. The van der Waals surface area contributed by atoms with Crippen molar-refractivity contribution in [2.24, 2.45) is 5.73 Å². The van der Waals surface area contributed by atoms with Crippen LogP contribution < -0.4 is 11.1 Å². The van der Waals surface area contributed by atoms with Crippen LogP contribution in [0.5, 0.6) is 0 Å². The third kappa shape index (κ3) is 5.02. The summed E-state index contributed by atoms with van der Waals surface area (Å²) < 4.78 is 10.8. The predicted molar refractivity (Wildman–Crippen MR) is 82.2 cm³/mol. The number of amides is 1. The summed E-state index contributed by atoms with van der Waals surface area (Å²) in [5.41, 5.74) is 5.92. The average molecular weight is 310 g/mol. The first-order valence-corrected chi connectivity index (χ1v) is 8.14. The lowest BCUT2D eigenvalue weighted by Crippen LogP contribution is -2.45. The standard InChI is InChI=1S/C16H26N2O4/c1-2-15(19)21-13-8-3-4-9-14(13)22-16(20)18-12-7-5-6-11(17)10-12/h2,11-14H,1,3-10,17H2,(H,18,20). The first-order valence-electron chi connectivity index (χ1n) is 8.14. The number of esters is 1. The molecule has 0 spiro atoms. The Morgan fingerprint density at radius 1 is 1.05 bits per heavy atom. The molecule has 2 aliphatic rings. The Labute approximate surface area is 131 Å². The molecule has 0 aromatic rings. The van der Waals surface area contributed by atoms with Crippen LogP contribution in [0.3, 0.4) is 0 Å². The molecule has 2 fully saturated rings. The number of hydrogen-bond acceptors (Lipinski definition) is 5. The Morgan fingerprint density at radius 3 is 2.36 bits per heavy atom. The number of ether oxygens (including phenoxy) is 2. The van der Waals surface area contributed by atoms with Crippen molar-refractivity contribution in [3.8, 4) is 0 Å². The highest BCUT2D eigenvalue weighted by molar-refractivity contribution is 5.81. The van der Waals surface area contributed by atoms with Crippen LogP contribution in [0, 0.1) is 0 Å². The Morgan fingerprint density at radius 2 is 1.73 bits per heavy atom. The van der Waals surface area contributed by atoms with Gasteiger partial charge in [-0.2, -0.15) is 0 Å². The van der Waals surface area contributed by atoms with Crippen LogP contribution in [0.1, 0.15) is 51.4 Å². The zero-order chi connectivity index (χ0) is 15.9. The van der Waals surface area contributed by atoms with Crippen LogP contribution in [-0.2, 0) is 14.3 Å².